The molecule has 21 heavy (non-hydrogen) atoms. The number of rotatable bonds is 6. The number of carbonyl (C=O) groups excluding carboxylic acids is 1. The third-order valence-electron chi connectivity index (χ3n) is 2.97. The standard InChI is InChI=1S/C17H27NO3/c1-6-12-18(16(19)21-17(2,3)4)13-11-14-7-9-15(20-5)10-8-14/h7-10H,6,11-13H2,1-5H3. The Morgan fingerprint density at radius 1 is 1.14 bits per heavy atom. The summed E-state index contributed by atoms with van der Waals surface area (Å²) < 4.78 is 10.6. The highest BCUT2D eigenvalue weighted by Gasteiger charge is 2.21. The summed E-state index contributed by atoms with van der Waals surface area (Å²) in [5.74, 6) is 0.844. The molecule has 0 N–H and O–H groups in total. The van der Waals surface area contributed by atoms with Crippen LogP contribution in [-0.4, -0.2) is 36.8 Å². The number of ether oxygens (including phenoxy) is 2. The van der Waals surface area contributed by atoms with Crippen LogP contribution in [0.15, 0.2) is 24.3 Å². The van der Waals surface area contributed by atoms with E-state index in [1.165, 1.54) is 5.56 Å². The first kappa shape index (κ1) is 17.3. The normalized spacial score (nSPS) is 11.1. The summed E-state index contributed by atoms with van der Waals surface area (Å²) in [6.07, 6.45) is 1.49. The Morgan fingerprint density at radius 2 is 1.76 bits per heavy atom. The highest BCUT2D eigenvalue weighted by atomic mass is 16.6. The molecule has 1 amide bonds. The van der Waals surface area contributed by atoms with Crippen LogP contribution in [0, 0.1) is 0 Å². The molecule has 0 aliphatic carbocycles. The quantitative estimate of drug-likeness (QED) is 0.799. The number of amides is 1. The minimum atomic E-state index is -0.455. The molecule has 0 aromatic heterocycles. The summed E-state index contributed by atoms with van der Waals surface area (Å²) >= 11 is 0. The molecule has 0 fully saturated rings. The second-order valence-electron chi connectivity index (χ2n) is 6.07. The van der Waals surface area contributed by atoms with Crippen molar-refractivity contribution in [2.75, 3.05) is 20.2 Å². The summed E-state index contributed by atoms with van der Waals surface area (Å²) in [7, 11) is 1.65. The van der Waals surface area contributed by atoms with Crippen molar-refractivity contribution >= 4 is 6.09 Å². The molecule has 0 aliphatic heterocycles. The maximum Gasteiger partial charge on any atom is 0.410 e. The van der Waals surface area contributed by atoms with Gasteiger partial charge in [-0.2, -0.15) is 0 Å². The zero-order valence-electron chi connectivity index (χ0n) is 13.8. The van der Waals surface area contributed by atoms with Crippen LogP contribution in [0.3, 0.4) is 0 Å². The van der Waals surface area contributed by atoms with Gasteiger partial charge in [0.2, 0.25) is 0 Å². The SMILES string of the molecule is CCCN(CCc1ccc(OC)cc1)C(=O)OC(C)(C)C. The first-order valence-electron chi connectivity index (χ1n) is 7.46. The van der Waals surface area contributed by atoms with Crippen molar-refractivity contribution in [1.82, 2.24) is 4.90 Å². The van der Waals surface area contributed by atoms with E-state index in [2.05, 4.69) is 6.92 Å². The first-order chi connectivity index (χ1) is 9.85. The first-order valence-corrected chi connectivity index (χ1v) is 7.46. The molecular weight excluding hydrogens is 266 g/mol. The van der Waals surface area contributed by atoms with Crippen LogP contribution in [0.5, 0.6) is 5.75 Å². The Hall–Kier alpha value is -1.71. The monoisotopic (exact) mass is 293 g/mol. The topological polar surface area (TPSA) is 38.8 Å². The van der Waals surface area contributed by atoms with Crippen LogP contribution in [-0.2, 0) is 11.2 Å². The number of nitrogens with zero attached hydrogens (tertiary/aromatic N) is 1. The second kappa shape index (κ2) is 7.91. The predicted molar refractivity (Wildman–Crippen MR) is 84.8 cm³/mol. The number of hydrogen-bond acceptors (Lipinski definition) is 3. The molecule has 118 valence electrons. The summed E-state index contributed by atoms with van der Waals surface area (Å²) in [6, 6.07) is 7.93. The maximum atomic E-state index is 12.2. The van der Waals surface area contributed by atoms with Gasteiger partial charge in [0.15, 0.2) is 0 Å². The largest absolute Gasteiger partial charge is 0.497 e. The zero-order chi connectivity index (χ0) is 15.9. The van der Waals surface area contributed by atoms with E-state index in [1.807, 2.05) is 45.0 Å². The van der Waals surface area contributed by atoms with Gasteiger partial charge in [0, 0.05) is 13.1 Å². The molecule has 4 heteroatoms. The van der Waals surface area contributed by atoms with E-state index in [0.717, 1.165) is 18.6 Å². The van der Waals surface area contributed by atoms with E-state index >= 15 is 0 Å². The highest BCUT2D eigenvalue weighted by molar-refractivity contribution is 5.68. The van der Waals surface area contributed by atoms with E-state index in [1.54, 1.807) is 12.0 Å². The van der Waals surface area contributed by atoms with Gasteiger partial charge in [-0.25, -0.2) is 4.79 Å². The Morgan fingerprint density at radius 3 is 2.24 bits per heavy atom. The minimum Gasteiger partial charge on any atom is -0.497 e. The number of hydrogen-bond donors (Lipinski definition) is 0. The molecule has 4 nitrogen and oxygen atoms in total. The molecule has 0 aliphatic rings. The summed E-state index contributed by atoms with van der Waals surface area (Å²) in [4.78, 5) is 13.9. The second-order valence-corrected chi connectivity index (χ2v) is 6.07. The third-order valence-corrected chi connectivity index (χ3v) is 2.97. The maximum absolute atomic E-state index is 12.2. The molecule has 1 aromatic carbocycles. The molecular formula is C17H27NO3. The summed E-state index contributed by atoms with van der Waals surface area (Å²) in [6.45, 7) is 9.10. The van der Waals surface area contributed by atoms with Gasteiger partial charge in [0.25, 0.3) is 0 Å². The lowest BCUT2D eigenvalue weighted by molar-refractivity contribution is 0.0252. The van der Waals surface area contributed by atoms with Crippen LogP contribution in [0.4, 0.5) is 4.79 Å². The van der Waals surface area contributed by atoms with Crippen molar-refractivity contribution in [3.63, 3.8) is 0 Å². The van der Waals surface area contributed by atoms with E-state index in [0.29, 0.717) is 13.1 Å². The molecule has 0 bridgehead atoms. The number of benzene rings is 1. The van der Waals surface area contributed by atoms with Gasteiger partial charge >= 0.3 is 6.09 Å². The summed E-state index contributed by atoms with van der Waals surface area (Å²) in [5.41, 5.74) is 0.726. The van der Waals surface area contributed by atoms with Crippen molar-refractivity contribution in [2.45, 2.75) is 46.1 Å². The average molecular weight is 293 g/mol. The highest BCUT2D eigenvalue weighted by Crippen LogP contribution is 2.14. The molecule has 0 saturated carbocycles. The van der Waals surface area contributed by atoms with Gasteiger partial charge in [0.05, 0.1) is 7.11 Å². The number of methoxy groups -OCH3 is 1. The zero-order valence-corrected chi connectivity index (χ0v) is 13.8. The van der Waals surface area contributed by atoms with Gasteiger partial charge in [0.1, 0.15) is 11.4 Å². The van der Waals surface area contributed by atoms with Gasteiger partial charge in [-0.05, 0) is 51.3 Å². The Bertz CT molecular complexity index is 434. The molecule has 0 saturated heterocycles. The van der Waals surface area contributed by atoms with Crippen molar-refractivity contribution in [2.24, 2.45) is 0 Å². The molecule has 0 radical (unpaired) electrons. The van der Waals surface area contributed by atoms with Crippen molar-refractivity contribution in [3.05, 3.63) is 29.8 Å². The fourth-order valence-corrected chi connectivity index (χ4v) is 1.95. The fraction of sp³-hybridized carbons (Fsp3) is 0.588. The lowest BCUT2D eigenvalue weighted by Crippen LogP contribution is -2.38. The lowest BCUT2D eigenvalue weighted by Gasteiger charge is -2.27. The molecule has 1 rings (SSSR count). The molecule has 0 unspecified atom stereocenters. The van der Waals surface area contributed by atoms with E-state index in [-0.39, 0.29) is 6.09 Å². The molecule has 0 atom stereocenters. The minimum absolute atomic E-state index is 0.238. The fourth-order valence-electron chi connectivity index (χ4n) is 1.95. The van der Waals surface area contributed by atoms with Crippen LogP contribution < -0.4 is 4.74 Å². The van der Waals surface area contributed by atoms with E-state index in [9.17, 15) is 4.79 Å². The van der Waals surface area contributed by atoms with Crippen LogP contribution in [0.25, 0.3) is 0 Å². The van der Waals surface area contributed by atoms with E-state index in [4.69, 9.17) is 9.47 Å². The summed E-state index contributed by atoms with van der Waals surface area (Å²) in [5, 5.41) is 0. The van der Waals surface area contributed by atoms with Gasteiger partial charge in [-0.15, -0.1) is 0 Å². The number of carbonyl (C=O) groups is 1. The lowest BCUT2D eigenvalue weighted by atomic mass is 10.1. The average Bonchev–Trinajstić information content (AvgIpc) is 2.42. The predicted octanol–water partition coefficient (Wildman–Crippen LogP) is 3.88. The van der Waals surface area contributed by atoms with Crippen LogP contribution in [0.2, 0.25) is 0 Å². The molecule has 0 spiro atoms. The Kier molecular flexibility index (Phi) is 6.53. The van der Waals surface area contributed by atoms with Crippen molar-refractivity contribution < 1.29 is 14.3 Å². The van der Waals surface area contributed by atoms with Crippen LogP contribution >= 0.6 is 0 Å². The molecule has 0 heterocycles. The van der Waals surface area contributed by atoms with Gasteiger partial charge < -0.3 is 14.4 Å². The van der Waals surface area contributed by atoms with E-state index < -0.39 is 5.60 Å². The Balaban J connectivity index is 2.59. The van der Waals surface area contributed by atoms with Crippen molar-refractivity contribution in [1.29, 1.82) is 0 Å². The smallest absolute Gasteiger partial charge is 0.410 e. The van der Waals surface area contributed by atoms with Gasteiger partial charge in [-0.3, -0.25) is 0 Å². The molecule has 1 aromatic rings. The van der Waals surface area contributed by atoms with Crippen LogP contribution in [0.1, 0.15) is 39.7 Å². The van der Waals surface area contributed by atoms with Gasteiger partial charge in [-0.1, -0.05) is 19.1 Å². The van der Waals surface area contributed by atoms with Crippen molar-refractivity contribution in [3.8, 4) is 5.75 Å². The third kappa shape index (κ3) is 6.52. The Labute approximate surface area is 128 Å².